The second-order valence-corrected chi connectivity index (χ2v) is 13.5. The molecule has 10 rings (SSSR count). The Morgan fingerprint density at radius 1 is 0.340 bits per heavy atom. The summed E-state index contributed by atoms with van der Waals surface area (Å²) in [6, 6.07) is 69.3. The average Bonchev–Trinajstić information content (AvgIpc) is 3.24. The average molecular weight is 676 g/mol. The molecule has 0 unspecified atom stereocenters. The first kappa shape index (κ1) is 30.7. The van der Waals surface area contributed by atoms with Gasteiger partial charge in [0.2, 0.25) is 0 Å². The standard InChI is InChI=1S/C50H33N3/c1-2-11-38(12-3-1)50-49-42(14-8-30-51-49)33-48(52-50)37-21-26-44(27-22-37)53(45-28-20-34-9-4-5-13-39(34)32-45)43-24-18-35(19-25-43)40-23-29-47-41(31-40)17-16-36-10-6-7-15-46(36)47/h1-33H. The molecule has 10 aromatic rings. The maximum absolute atomic E-state index is 5.16. The van der Waals surface area contributed by atoms with E-state index in [4.69, 9.17) is 9.97 Å². The summed E-state index contributed by atoms with van der Waals surface area (Å²) in [5.41, 5.74) is 10.5. The normalized spacial score (nSPS) is 11.4. The van der Waals surface area contributed by atoms with Crippen LogP contribution in [0.15, 0.2) is 200 Å². The van der Waals surface area contributed by atoms with Gasteiger partial charge >= 0.3 is 0 Å². The highest BCUT2D eigenvalue weighted by atomic mass is 15.1. The molecule has 53 heavy (non-hydrogen) atoms. The van der Waals surface area contributed by atoms with E-state index in [0.717, 1.165) is 50.5 Å². The molecule has 0 radical (unpaired) electrons. The number of aromatic nitrogens is 2. The zero-order valence-corrected chi connectivity index (χ0v) is 28.9. The van der Waals surface area contributed by atoms with Crippen LogP contribution < -0.4 is 4.90 Å². The number of nitrogens with zero attached hydrogens (tertiary/aromatic N) is 3. The van der Waals surface area contributed by atoms with Crippen LogP contribution in [-0.4, -0.2) is 9.97 Å². The van der Waals surface area contributed by atoms with Crippen molar-refractivity contribution in [3.8, 4) is 33.6 Å². The van der Waals surface area contributed by atoms with Gasteiger partial charge in [-0.1, -0.05) is 140 Å². The minimum atomic E-state index is 0.889. The second kappa shape index (κ2) is 12.9. The van der Waals surface area contributed by atoms with Gasteiger partial charge in [0.05, 0.1) is 16.9 Å². The first-order valence-corrected chi connectivity index (χ1v) is 18.0. The fourth-order valence-corrected chi connectivity index (χ4v) is 7.57. The van der Waals surface area contributed by atoms with Crippen LogP contribution in [0.1, 0.15) is 0 Å². The Bertz CT molecular complexity index is 2930. The molecule has 0 spiro atoms. The molecule has 2 heterocycles. The molecule has 0 aliphatic carbocycles. The van der Waals surface area contributed by atoms with E-state index in [9.17, 15) is 0 Å². The quantitative estimate of drug-likeness (QED) is 0.164. The SMILES string of the molecule is c1ccc(-c2nc(-c3ccc(N(c4ccc(-c5ccc6c(ccc7ccccc76)c5)cc4)c4ccc5ccccc5c4)cc3)cc3cccnc23)cc1. The predicted octanol–water partition coefficient (Wildman–Crippen LogP) is 13.6. The van der Waals surface area contributed by atoms with Crippen LogP contribution in [0.5, 0.6) is 0 Å². The van der Waals surface area contributed by atoms with Gasteiger partial charge in [0.25, 0.3) is 0 Å². The minimum absolute atomic E-state index is 0.889. The van der Waals surface area contributed by atoms with E-state index in [-0.39, 0.29) is 0 Å². The van der Waals surface area contributed by atoms with Gasteiger partial charge in [-0.2, -0.15) is 0 Å². The van der Waals surface area contributed by atoms with Crippen LogP contribution in [0.4, 0.5) is 17.1 Å². The van der Waals surface area contributed by atoms with Gasteiger partial charge in [-0.25, -0.2) is 4.98 Å². The highest BCUT2D eigenvalue weighted by molar-refractivity contribution is 6.08. The molecule has 8 aromatic carbocycles. The Labute approximate surface area is 308 Å². The van der Waals surface area contributed by atoms with Gasteiger partial charge in [0.15, 0.2) is 0 Å². The van der Waals surface area contributed by atoms with Gasteiger partial charge in [0, 0.05) is 39.8 Å². The number of hydrogen-bond acceptors (Lipinski definition) is 3. The number of hydrogen-bond donors (Lipinski definition) is 0. The van der Waals surface area contributed by atoms with Crippen LogP contribution in [0.3, 0.4) is 0 Å². The molecule has 3 heteroatoms. The zero-order valence-electron chi connectivity index (χ0n) is 28.9. The highest BCUT2D eigenvalue weighted by Gasteiger charge is 2.16. The zero-order chi connectivity index (χ0) is 35.1. The molecule has 0 bridgehead atoms. The fraction of sp³-hybridized carbons (Fsp3) is 0. The lowest BCUT2D eigenvalue weighted by atomic mass is 9.97. The molecule has 0 saturated heterocycles. The van der Waals surface area contributed by atoms with Crippen molar-refractivity contribution in [1.82, 2.24) is 9.97 Å². The van der Waals surface area contributed by atoms with Crippen LogP contribution in [0.25, 0.3) is 76.9 Å². The summed E-state index contributed by atoms with van der Waals surface area (Å²) in [4.78, 5) is 12.2. The van der Waals surface area contributed by atoms with E-state index in [1.165, 1.54) is 43.4 Å². The maximum atomic E-state index is 5.16. The second-order valence-electron chi connectivity index (χ2n) is 13.5. The molecule has 248 valence electrons. The number of fused-ring (bicyclic) bond motifs is 5. The van der Waals surface area contributed by atoms with Crippen molar-refractivity contribution in [2.45, 2.75) is 0 Å². The topological polar surface area (TPSA) is 29.0 Å². The van der Waals surface area contributed by atoms with Crippen molar-refractivity contribution in [2.24, 2.45) is 0 Å². The summed E-state index contributed by atoms with van der Waals surface area (Å²) in [6.45, 7) is 0. The first-order valence-electron chi connectivity index (χ1n) is 18.0. The molecule has 3 nitrogen and oxygen atoms in total. The molecule has 0 N–H and O–H groups in total. The van der Waals surface area contributed by atoms with Gasteiger partial charge in [0.1, 0.15) is 0 Å². The Balaban J connectivity index is 1.04. The number of benzene rings is 8. The molecular formula is C50H33N3. The van der Waals surface area contributed by atoms with E-state index >= 15 is 0 Å². The van der Waals surface area contributed by atoms with Gasteiger partial charge < -0.3 is 4.90 Å². The minimum Gasteiger partial charge on any atom is -0.310 e. The lowest BCUT2D eigenvalue weighted by molar-refractivity contribution is 1.28. The molecule has 0 saturated carbocycles. The van der Waals surface area contributed by atoms with Gasteiger partial charge in [-0.3, -0.25) is 4.98 Å². The largest absolute Gasteiger partial charge is 0.310 e. The van der Waals surface area contributed by atoms with Gasteiger partial charge in [-0.15, -0.1) is 0 Å². The van der Waals surface area contributed by atoms with Gasteiger partial charge in [-0.05, 0) is 98.0 Å². The molecule has 0 aliphatic rings. The summed E-state index contributed by atoms with van der Waals surface area (Å²) in [7, 11) is 0. The lowest BCUT2D eigenvalue weighted by Gasteiger charge is -2.26. The highest BCUT2D eigenvalue weighted by Crippen LogP contribution is 2.39. The summed E-state index contributed by atoms with van der Waals surface area (Å²) in [5.74, 6) is 0. The van der Waals surface area contributed by atoms with Crippen molar-refractivity contribution in [1.29, 1.82) is 0 Å². The van der Waals surface area contributed by atoms with Crippen LogP contribution in [-0.2, 0) is 0 Å². The van der Waals surface area contributed by atoms with E-state index < -0.39 is 0 Å². The Kier molecular flexibility index (Phi) is 7.47. The summed E-state index contributed by atoms with van der Waals surface area (Å²) in [5, 5.41) is 8.57. The van der Waals surface area contributed by atoms with Crippen molar-refractivity contribution >= 4 is 60.3 Å². The molecule has 0 fully saturated rings. The van der Waals surface area contributed by atoms with E-state index in [0.29, 0.717) is 0 Å². The summed E-state index contributed by atoms with van der Waals surface area (Å²) < 4.78 is 0. The smallest absolute Gasteiger partial charge is 0.0972 e. The fourth-order valence-electron chi connectivity index (χ4n) is 7.57. The van der Waals surface area contributed by atoms with E-state index in [2.05, 4.69) is 175 Å². The summed E-state index contributed by atoms with van der Waals surface area (Å²) >= 11 is 0. The third-order valence-corrected chi connectivity index (χ3v) is 10.3. The third-order valence-electron chi connectivity index (χ3n) is 10.3. The summed E-state index contributed by atoms with van der Waals surface area (Å²) in [6.07, 6.45) is 1.84. The van der Waals surface area contributed by atoms with Crippen LogP contribution >= 0.6 is 0 Å². The van der Waals surface area contributed by atoms with Crippen molar-refractivity contribution in [2.75, 3.05) is 4.90 Å². The predicted molar refractivity (Wildman–Crippen MR) is 223 cm³/mol. The third kappa shape index (κ3) is 5.65. The Hall–Kier alpha value is -7.10. The Morgan fingerprint density at radius 2 is 0.943 bits per heavy atom. The van der Waals surface area contributed by atoms with Crippen LogP contribution in [0.2, 0.25) is 0 Å². The number of anilines is 3. The Morgan fingerprint density at radius 3 is 1.75 bits per heavy atom. The molecular weight excluding hydrogens is 643 g/mol. The monoisotopic (exact) mass is 675 g/mol. The molecule has 0 atom stereocenters. The molecule has 0 aliphatic heterocycles. The lowest BCUT2D eigenvalue weighted by Crippen LogP contribution is -2.09. The molecule has 0 amide bonds. The van der Waals surface area contributed by atoms with Crippen molar-refractivity contribution in [3.63, 3.8) is 0 Å². The number of pyridine rings is 2. The van der Waals surface area contributed by atoms with Crippen LogP contribution in [0, 0.1) is 0 Å². The number of rotatable bonds is 6. The maximum Gasteiger partial charge on any atom is 0.0972 e. The molecule has 2 aromatic heterocycles. The van der Waals surface area contributed by atoms with Crippen molar-refractivity contribution < 1.29 is 0 Å². The van der Waals surface area contributed by atoms with E-state index in [1.54, 1.807) is 0 Å². The first-order chi connectivity index (χ1) is 26.2. The van der Waals surface area contributed by atoms with E-state index in [1.807, 2.05) is 30.5 Å². The van der Waals surface area contributed by atoms with Crippen molar-refractivity contribution in [3.05, 3.63) is 200 Å².